The Morgan fingerprint density at radius 2 is 1.64 bits per heavy atom. The van der Waals surface area contributed by atoms with Crippen molar-refractivity contribution in [3.63, 3.8) is 0 Å². The van der Waals surface area contributed by atoms with Gasteiger partial charge in [-0.25, -0.2) is 0 Å². The molecule has 0 amide bonds. The van der Waals surface area contributed by atoms with E-state index in [1.165, 1.54) is 0 Å². The van der Waals surface area contributed by atoms with Crippen LogP contribution in [0.5, 0.6) is 0 Å². The molecule has 82 valence electrons. The molecule has 0 radical (unpaired) electrons. The van der Waals surface area contributed by atoms with Gasteiger partial charge in [0.05, 0.1) is 11.5 Å². The maximum absolute atomic E-state index is 5.52. The lowest BCUT2D eigenvalue weighted by Crippen LogP contribution is -2.26. The van der Waals surface area contributed by atoms with E-state index in [-0.39, 0.29) is 0 Å². The molecule has 0 aromatic heterocycles. The molecule has 0 aliphatic rings. The summed E-state index contributed by atoms with van der Waals surface area (Å²) >= 11 is 0. The fourth-order valence-electron chi connectivity index (χ4n) is 1.33. The highest BCUT2D eigenvalue weighted by molar-refractivity contribution is 5.19. The summed E-state index contributed by atoms with van der Waals surface area (Å²) in [5, 5.41) is 0. The molecule has 0 rings (SSSR count). The van der Waals surface area contributed by atoms with Crippen LogP contribution in [-0.4, -0.2) is 18.0 Å². The number of nitrogens with zero attached hydrogens (tertiary/aromatic N) is 1. The van der Waals surface area contributed by atoms with Crippen LogP contribution in [-0.2, 0) is 0 Å². The van der Waals surface area contributed by atoms with E-state index in [0.717, 1.165) is 31.6 Å². The molecule has 0 aromatic carbocycles. The van der Waals surface area contributed by atoms with Gasteiger partial charge in [0.1, 0.15) is 0 Å². The van der Waals surface area contributed by atoms with E-state index < -0.39 is 0 Å². The van der Waals surface area contributed by atoms with Gasteiger partial charge in [-0.15, -0.1) is 0 Å². The third kappa shape index (κ3) is 4.64. The zero-order valence-corrected chi connectivity index (χ0v) is 9.16. The molecule has 6 N–H and O–H groups in total. The first-order valence-electron chi connectivity index (χ1n) is 5.05. The summed E-state index contributed by atoms with van der Waals surface area (Å²) in [5.74, 6) is 0.291. The maximum atomic E-state index is 5.52. The lowest BCUT2D eigenvalue weighted by atomic mass is 10.3. The normalized spacial score (nSPS) is 11.1. The lowest BCUT2D eigenvalue weighted by Gasteiger charge is -2.24. The highest BCUT2D eigenvalue weighted by Gasteiger charge is 2.04. The fourth-order valence-corrected chi connectivity index (χ4v) is 1.33. The first-order chi connectivity index (χ1) is 6.65. The molecule has 0 fully saturated rings. The summed E-state index contributed by atoms with van der Waals surface area (Å²) in [4.78, 5) is 2.18. The van der Waals surface area contributed by atoms with E-state index in [2.05, 4.69) is 18.7 Å². The SMILES string of the molecule is CCCN(CCC)/C(C=C(N)N)=C/N. The average molecular weight is 198 g/mol. The zero-order chi connectivity index (χ0) is 11.0. The Labute approximate surface area is 86.4 Å². The van der Waals surface area contributed by atoms with Crippen LogP contribution in [0.2, 0.25) is 0 Å². The highest BCUT2D eigenvalue weighted by atomic mass is 15.1. The van der Waals surface area contributed by atoms with Gasteiger partial charge in [-0.05, 0) is 12.8 Å². The van der Waals surface area contributed by atoms with E-state index in [9.17, 15) is 0 Å². The van der Waals surface area contributed by atoms with Gasteiger partial charge in [-0.2, -0.15) is 0 Å². The summed E-state index contributed by atoms with van der Waals surface area (Å²) in [7, 11) is 0. The molecule has 0 aliphatic heterocycles. The van der Waals surface area contributed by atoms with Crippen molar-refractivity contribution >= 4 is 0 Å². The van der Waals surface area contributed by atoms with E-state index in [1.807, 2.05) is 0 Å². The summed E-state index contributed by atoms with van der Waals surface area (Å²) in [5.41, 5.74) is 17.2. The second-order valence-corrected chi connectivity index (χ2v) is 3.22. The van der Waals surface area contributed by atoms with Crippen molar-refractivity contribution in [3.8, 4) is 0 Å². The van der Waals surface area contributed by atoms with Crippen molar-refractivity contribution in [1.29, 1.82) is 0 Å². The lowest BCUT2D eigenvalue weighted by molar-refractivity contribution is 0.353. The van der Waals surface area contributed by atoms with Crippen molar-refractivity contribution in [3.05, 3.63) is 23.8 Å². The van der Waals surface area contributed by atoms with Crippen molar-refractivity contribution in [1.82, 2.24) is 4.90 Å². The second kappa shape index (κ2) is 7.12. The van der Waals surface area contributed by atoms with E-state index in [0.29, 0.717) is 5.82 Å². The van der Waals surface area contributed by atoms with Gasteiger partial charge in [-0.3, -0.25) is 0 Å². The van der Waals surface area contributed by atoms with Gasteiger partial charge >= 0.3 is 0 Å². The molecule has 0 atom stereocenters. The van der Waals surface area contributed by atoms with Crippen LogP contribution in [0.15, 0.2) is 23.8 Å². The molecule has 0 spiro atoms. The topological polar surface area (TPSA) is 81.3 Å². The molecule has 0 heterocycles. The Bertz CT molecular complexity index is 198. The predicted molar refractivity (Wildman–Crippen MR) is 60.9 cm³/mol. The first-order valence-corrected chi connectivity index (χ1v) is 5.05. The van der Waals surface area contributed by atoms with Gasteiger partial charge in [0.15, 0.2) is 0 Å². The monoisotopic (exact) mass is 198 g/mol. The van der Waals surface area contributed by atoms with Crippen LogP contribution in [0.25, 0.3) is 0 Å². The Morgan fingerprint density at radius 3 is 1.93 bits per heavy atom. The Hall–Kier alpha value is -1.32. The third-order valence-corrected chi connectivity index (χ3v) is 1.84. The van der Waals surface area contributed by atoms with Gasteiger partial charge in [0.25, 0.3) is 0 Å². The summed E-state index contributed by atoms with van der Waals surface area (Å²) in [6.45, 7) is 6.21. The Balaban J connectivity index is 4.51. The second-order valence-electron chi connectivity index (χ2n) is 3.22. The number of allylic oxidation sites excluding steroid dienone is 1. The van der Waals surface area contributed by atoms with Gasteiger partial charge in [-0.1, -0.05) is 13.8 Å². The molecule has 0 aromatic rings. The molecule has 4 nitrogen and oxygen atoms in total. The van der Waals surface area contributed by atoms with Crippen LogP contribution in [0.3, 0.4) is 0 Å². The summed E-state index contributed by atoms with van der Waals surface area (Å²) in [6, 6.07) is 0. The van der Waals surface area contributed by atoms with Crippen molar-refractivity contribution in [2.45, 2.75) is 26.7 Å². The predicted octanol–water partition coefficient (Wildman–Crippen LogP) is 0.667. The zero-order valence-electron chi connectivity index (χ0n) is 9.16. The average Bonchev–Trinajstić information content (AvgIpc) is 2.13. The fraction of sp³-hybridized carbons (Fsp3) is 0.600. The Kier molecular flexibility index (Phi) is 6.45. The molecule has 0 unspecified atom stereocenters. The number of hydrogen-bond donors (Lipinski definition) is 3. The molecular formula is C10H22N4. The van der Waals surface area contributed by atoms with Crippen LogP contribution in [0.4, 0.5) is 0 Å². The third-order valence-electron chi connectivity index (χ3n) is 1.84. The summed E-state index contributed by atoms with van der Waals surface area (Å²) < 4.78 is 0. The van der Waals surface area contributed by atoms with Crippen LogP contribution >= 0.6 is 0 Å². The standard InChI is InChI=1S/C10H22N4/c1-3-5-14(6-4-2)9(8-11)7-10(12)13/h7-8H,3-6,11-13H2,1-2H3/b9-8+. The molecule has 0 bridgehead atoms. The van der Waals surface area contributed by atoms with Crippen LogP contribution < -0.4 is 17.2 Å². The van der Waals surface area contributed by atoms with Crippen molar-refractivity contribution in [2.24, 2.45) is 17.2 Å². The van der Waals surface area contributed by atoms with E-state index >= 15 is 0 Å². The smallest absolute Gasteiger partial charge is 0.0955 e. The number of rotatable bonds is 6. The summed E-state index contributed by atoms with van der Waals surface area (Å²) in [6.07, 6.45) is 5.40. The largest absolute Gasteiger partial charge is 0.403 e. The van der Waals surface area contributed by atoms with Crippen LogP contribution in [0.1, 0.15) is 26.7 Å². The van der Waals surface area contributed by atoms with Gasteiger partial charge in [0.2, 0.25) is 0 Å². The van der Waals surface area contributed by atoms with Crippen molar-refractivity contribution in [2.75, 3.05) is 13.1 Å². The highest BCUT2D eigenvalue weighted by Crippen LogP contribution is 2.07. The number of hydrogen-bond acceptors (Lipinski definition) is 4. The molecule has 14 heavy (non-hydrogen) atoms. The molecule has 0 aliphatic carbocycles. The first kappa shape index (κ1) is 12.7. The van der Waals surface area contributed by atoms with Gasteiger partial charge in [0, 0.05) is 25.4 Å². The van der Waals surface area contributed by atoms with Crippen LogP contribution in [0, 0.1) is 0 Å². The van der Waals surface area contributed by atoms with E-state index in [1.54, 1.807) is 12.3 Å². The molecular weight excluding hydrogens is 176 g/mol. The minimum absolute atomic E-state index is 0.291. The molecule has 0 saturated carbocycles. The minimum atomic E-state index is 0.291. The van der Waals surface area contributed by atoms with Gasteiger partial charge < -0.3 is 22.1 Å². The Morgan fingerprint density at radius 1 is 1.14 bits per heavy atom. The quantitative estimate of drug-likeness (QED) is 0.548. The van der Waals surface area contributed by atoms with Crippen molar-refractivity contribution < 1.29 is 0 Å². The maximum Gasteiger partial charge on any atom is 0.0955 e. The van der Waals surface area contributed by atoms with E-state index in [4.69, 9.17) is 17.2 Å². The minimum Gasteiger partial charge on any atom is -0.403 e. The molecule has 4 heteroatoms. The number of nitrogens with two attached hydrogens (primary N) is 3. The molecule has 0 saturated heterocycles.